The first-order valence-corrected chi connectivity index (χ1v) is 8.40. The van der Waals surface area contributed by atoms with Crippen molar-refractivity contribution in [2.75, 3.05) is 0 Å². The minimum absolute atomic E-state index is 0.0817. The maximum absolute atomic E-state index is 13.5. The predicted octanol–water partition coefficient (Wildman–Crippen LogP) is 4.54. The third-order valence-electron chi connectivity index (χ3n) is 3.52. The second kappa shape index (κ2) is 7.36. The summed E-state index contributed by atoms with van der Waals surface area (Å²) in [5.41, 5.74) is 3.26. The van der Waals surface area contributed by atoms with Crippen LogP contribution in [0.4, 0.5) is 4.39 Å². The van der Waals surface area contributed by atoms with Gasteiger partial charge in [0, 0.05) is 10.9 Å². The average molecular weight is 341 g/mol. The number of ether oxygens (including phenoxy) is 1. The zero-order chi connectivity index (χ0) is 16.9. The molecule has 0 amide bonds. The van der Waals surface area contributed by atoms with Crippen molar-refractivity contribution in [3.8, 4) is 10.6 Å². The van der Waals surface area contributed by atoms with E-state index in [1.807, 2.05) is 36.6 Å². The van der Waals surface area contributed by atoms with Crippen LogP contribution in [-0.4, -0.2) is 11.0 Å². The molecule has 3 rings (SSSR count). The number of halogens is 1. The van der Waals surface area contributed by atoms with Crippen LogP contribution in [0.15, 0.2) is 53.9 Å². The van der Waals surface area contributed by atoms with Crippen LogP contribution in [0.5, 0.6) is 0 Å². The number of esters is 1. The lowest BCUT2D eigenvalue weighted by molar-refractivity contribution is -0.144. The summed E-state index contributed by atoms with van der Waals surface area (Å²) < 4.78 is 18.7. The number of carbonyl (C=O) groups excluding carboxylic acids is 1. The van der Waals surface area contributed by atoms with Crippen LogP contribution in [0.1, 0.15) is 16.8 Å². The van der Waals surface area contributed by atoms with Gasteiger partial charge in [-0.05, 0) is 18.6 Å². The normalized spacial score (nSPS) is 10.6. The Morgan fingerprint density at radius 2 is 1.92 bits per heavy atom. The van der Waals surface area contributed by atoms with Crippen LogP contribution < -0.4 is 0 Å². The molecular weight excluding hydrogens is 325 g/mol. The lowest BCUT2D eigenvalue weighted by Crippen LogP contribution is -2.09. The van der Waals surface area contributed by atoms with Gasteiger partial charge in [-0.2, -0.15) is 0 Å². The fourth-order valence-corrected chi connectivity index (χ4v) is 3.02. The van der Waals surface area contributed by atoms with Gasteiger partial charge in [-0.15, -0.1) is 11.3 Å². The molecule has 2 aromatic carbocycles. The average Bonchev–Trinajstić information content (AvgIpc) is 3.05. The van der Waals surface area contributed by atoms with Gasteiger partial charge in [0.15, 0.2) is 0 Å². The lowest BCUT2D eigenvalue weighted by atomic mass is 10.1. The summed E-state index contributed by atoms with van der Waals surface area (Å²) >= 11 is 1.50. The quantitative estimate of drug-likeness (QED) is 0.640. The van der Waals surface area contributed by atoms with E-state index in [1.54, 1.807) is 18.2 Å². The van der Waals surface area contributed by atoms with Crippen molar-refractivity contribution in [2.24, 2.45) is 0 Å². The van der Waals surface area contributed by atoms with E-state index in [1.165, 1.54) is 23.0 Å². The summed E-state index contributed by atoms with van der Waals surface area (Å²) in [6.45, 7) is 2.13. The van der Waals surface area contributed by atoms with Gasteiger partial charge >= 0.3 is 5.97 Å². The van der Waals surface area contributed by atoms with Gasteiger partial charge in [0.2, 0.25) is 0 Å². The maximum Gasteiger partial charge on any atom is 0.310 e. The molecule has 0 bridgehead atoms. The Bertz CT molecular complexity index is 843. The van der Waals surface area contributed by atoms with Gasteiger partial charge < -0.3 is 4.74 Å². The highest BCUT2D eigenvalue weighted by Crippen LogP contribution is 2.24. The van der Waals surface area contributed by atoms with Crippen molar-refractivity contribution in [3.05, 3.63) is 76.5 Å². The molecule has 3 aromatic rings. The maximum atomic E-state index is 13.5. The first kappa shape index (κ1) is 16.3. The molecule has 0 radical (unpaired) electrons. The lowest BCUT2D eigenvalue weighted by Gasteiger charge is -2.04. The van der Waals surface area contributed by atoms with E-state index >= 15 is 0 Å². The Balaban J connectivity index is 1.58. The first-order chi connectivity index (χ1) is 11.6. The number of rotatable bonds is 5. The summed E-state index contributed by atoms with van der Waals surface area (Å²) in [7, 11) is 0. The smallest absolute Gasteiger partial charge is 0.310 e. The molecule has 24 heavy (non-hydrogen) atoms. The summed E-state index contributed by atoms with van der Waals surface area (Å²) in [5, 5.41) is 2.75. The van der Waals surface area contributed by atoms with Gasteiger partial charge in [0.25, 0.3) is 0 Å². The molecule has 0 saturated carbocycles. The van der Waals surface area contributed by atoms with Crippen LogP contribution in [0.2, 0.25) is 0 Å². The van der Waals surface area contributed by atoms with Gasteiger partial charge in [-0.3, -0.25) is 4.79 Å². The Labute approximate surface area is 143 Å². The highest BCUT2D eigenvalue weighted by Gasteiger charge is 2.11. The van der Waals surface area contributed by atoms with Gasteiger partial charge in [-0.1, -0.05) is 48.0 Å². The first-order valence-electron chi connectivity index (χ1n) is 7.52. The van der Waals surface area contributed by atoms with Gasteiger partial charge in [-0.25, -0.2) is 9.37 Å². The molecule has 122 valence electrons. The van der Waals surface area contributed by atoms with Crippen molar-refractivity contribution in [1.82, 2.24) is 4.98 Å². The number of benzene rings is 2. The number of hydrogen-bond donors (Lipinski definition) is 0. The third-order valence-corrected chi connectivity index (χ3v) is 4.46. The fourth-order valence-electron chi connectivity index (χ4n) is 2.20. The molecule has 0 aliphatic rings. The largest absolute Gasteiger partial charge is 0.459 e. The molecule has 0 N–H and O–H groups in total. The van der Waals surface area contributed by atoms with Crippen LogP contribution >= 0.6 is 11.3 Å². The van der Waals surface area contributed by atoms with Crippen LogP contribution in [0.3, 0.4) is 0 Å². The van der Waals surface area contributed by atoms with E-state index in [0.29, 0.717) is 11.3 Å². The number of aryl methyl sites for hydroxylation is 1. The molecule has 1 aromatic heterocycles. The van der Waals surface area contributed by atoms with E-state index in [4.69, 9.17) is 4.74 Å². The number of carbonyl (C=O) groups is 1. The molecule has 3 nitrogen and oxygen atoms in total. The molecule has 0 atom stereocenters. The Morgan fingerprint density at radius 1 is 1.17 bits per heavy atom. The van der Waals surface area contributed by atoms with E-state index < -0.39 is 11.8 Å². The van der Waals surface area contributed by atoms with E-state index in [2.05, 4.69) is 4.98 Å². The zero-order valence-electron chi connectivity index (χ0n) is 13.2. The second-order valence-electron chi connectivity index (χ2n) is 5.44. The van der Waals surface area contributed by atoms with Crippen LogP contribution in [0, 0.1) is 12.7 Å². The Morgan fingerprint density at radius 3 is 2.67 bits per heavy atom. The van der Waals surface area contributed by atoms with Gasteiger partial charge in [0.05, 0.1) is 12.1 Å². The molecule has 0 aliphatic heterocycles. The Hall–Kier alpha value is -2.53. The molecule has 0 spiro atoms. The van der Waals surface area contributed by atoms with Crippen molar-refractivity contribution >= 4 is 17.3 Å². The molecule has 0 unspecified atom stereocenters. The molecule has 5 heteroatoms. The topological polar surface area (TPSA) is 39.2 Å². The number of hydrogen-bond acceptors (Lipinski definition) is 4. The zero-order valence-corrected chi connectivity index (χ0v) is 14.0. The van der Waals surface area contributed by atoms with Crippen molar-refractivity contribution in [2.45, 2.75) is 20.0 Å². The number of nitrogens with zero attached hydrogens (tertiary/aromatic N) is 1. The van der Waals surface area contributed by atoms with Crippen LogP contribution in [-0.2, 0) is 22.6 Å². The predicted molar refractivity (Wildman–Crippen MR) is 92.2 cm³/mol. The summed E-state index contributed by atoms with van der Waals surface area (Å²) in [6.07, 6.45) is -0.0817. The van der Waals surface area contributed by atoms with E-state index in [-0.39, 0.29) is 13.0 Å². The summed E-state index contributed by atoms with van der Waals surface area (Å²) in [5.74, 6) is -0.866. The number of thiazole rings is 1. The van der Waals surface area contributed by atoms with Crippen molar-refractivity contribution in [3.63, 3.8) is 0 Å². The molecule has 0 saturated heterocycles. The highest BCUT2D eigenvalue weighted by atomic mass is 32.1. The third kappa shape index (κ3) is 4.06. The minimum Gasteiger partial charge on any atom is -0.459 e. The summed E-state index contributed by atoms with van der Waals surface area (Å²) in [4.78, 5) is 16.3. The second-order valence-corrected chi connectivity index (χ2v) is 6.30. The van der Waals surface area contributed by atoms with Crippen molar-refractivity contribution < 1.29 is 13.9 Å². The minimum atomic E-state index is -0.468. The van der Waals surface area contributed by atoms with Gasteiger partial charge in [0.1, 0.15) is 17.4 Å². The standard InChI is InChI=1S/C19H16FNO2S/c1-13-6-8-14(9-7-13)19-21-16(12-24-19)11-23-18(22)10-15-4-2-3-5-17(15)20/h2-9,12H,10-11H2,1H3. The highest BCUT2D eigenvalue weighted by molar-refractivity contribution is 7.13. The monoisotopic (exact) mass is 341 g/mol. The Kier molecular flexibility index (Phi) is 5.01. The van der Waals surface area contributed by atoms with E-state index in [9.17, 15) is 9.18 Å². The summed E-state index contributed by atoms with van der Waals surface area (Å²) in [6, 6.07) is 14.3. The fraction of sp³-hybridized carbons (Fsp3) is 0.158. The molecule has 0 fully saturated rings. The molecular formula is C19H16FNO2S. The van der Waals surface area contributed by atoms with Crippen LogP contribution in [0.25, 0.3) is 10.6 Å². The van der Waals surface area contributed by atoms with E-state index in [0.717, 1.165) is 10.6 Å². The number of aromatic nitrogens is 1. The SMILES string of the molecule is Cc1ccc(-c2nc(COC(=O)Cc3ccccc3F)cs2)cc1. The molecule has 0 aliphatic carbocycles. The molecule has 1 heterocycles. The van der Waals surface area contributed by atoms with Crippen molar-refractivity contribution in [1.29, 1.82) is 0 Å².